The highest BCUT2D eigenvalue weighted by Gasteiger charge is 2.20. The van der Waals surface area contributed by atoms with Crippen LogP contribution in [0.1, 0.15) is 26.2 Å². The molecule has 26 heavy (non-hydrogen) atoms. The van der Waals surface area contributed by atoms with Crippen LogP contribution in [0.5, 0.6) is 5.75 Å². The number of ether oxygens (including phenoxy) is 1. The molecule has 140 valence electrons. The van der Waals surface area contributed by atoms with E-state index in [1.165, 1.54) is 18.0 Å². The Morgan fingerprint density at radius 3 is 2.92 bits per heavy atom. The highest BCUT2D eigenvalue weighted by molar-refractivity contribution is 7.10. The molecule has 0 unspecified atom stereocenters. The smallest absolute Gasteiger partial charge is 0.321 e. The van der Waals surface area contributed by atoms with Gasteiger partial charge in [-0.25, -0.2) is 4.79 Å². The molecule has 0 aliphatic carbocycles. The Balaban J connectivity index is 1.52. The van der Waals surface area contributed by atoms with E-state index in [4.69, 9.17) is 4.74 Å². The monoisotopic (exact) mass is 375 g/mol. The van der Waals surface area contributed by atoms with E-state index in [9.17, 15) is 4.79 Å². The molecule has 0 bridgehead atoms. The number of methoxy groups -OCH3 is 1. The summed E-state index contributed by atoms with van der Waals surface area (Å²) in [6.45, 7) is 5.41. The maximum Gasteiger partial charge on any atom is 0.321 e. The topological polar surface area (TPSA) is 79.4 Å². The van der Waals surface area contributed by atoms with Crippen LogP contribution in [0.3, 0.4) is 0 Å². The first-order chi connectivity index (χ1) is 12.7. The van der Waals surface area contributed by atoms with E-state index in [-0.39, 0.29) is 12.1 Å². The normalized spacial score (nSPS) is 15.6. The minimum atomic E-state index is -0.215. The number of hydrogen-bond donors (Lipinski definition) is 2. The van der Waals surface area contributed by atoms with Crippen molar-refractivity contribution in [2.75, 3.05) is 32.1 Å². The predicted molar refractivity (Wildman–Crippen MR) is 104 cm³/mol. The summed E-state index contributed by atoms with van der Waals surface area (Å²) in [7, 11) is 1.62. The molecule has 0 spiro atoms. The molecule has 1 aliphatic rings. The molecule has 2 N–H and O–H groups in total. The van der Waals surface area contributed by atoms with E-state index in [1.807, 2.05) is 24.3 Å². The summed E-state index contributed by atoms with van der Waals surface area (Å²) in [6, 6.07) is 7.55. The van der Waals surface area contributed by atoms with Crippen LogP contribution in [0, 0.1) is 0 Å². The third kappa shape index (κ3) is 4.92. The fourth-order valence-corrected chi connectivity index (χ4v) is 3.67. The number of carbonyl (C=O) groups excluding carboxylic acids is 1. The summed E-state index contributed by atoms with van der Waals surface area (Å²) in [5.74, 6) is 1.33. The van der Waals surface area contributed by atoms with Crippen molar-refractivity contribution in [3.8, 4) is 17.1 Å². The van der Waals surface area contributed by atoms with Crippen LogP contribution in [-0.2, 0) is 0 Å². The van der Waals surface area contributed by atoms with Crippen molar-refractivity contribution in [2.45, 2.75) is 32.2 Å². The van der Waals surface area contributed by atoms with Crippen LogP contribution in [0.2, 0.25) is 0 Å². The van der Waals surface area contributed by atoms with Crippen molar-refractivity contribution in [1.29, 1.82) is 0 Å². The standard InChI is InChI=1S/C18H25N5O2S/c1-3-9-23-10-7-14(8-11-23)19-17(24)21-18-20-16(22-26-18)13-5-4-6-15(12-13)25-2/h4-6,12,14H,3,7-11H2,1-2H3,(H2,19,20,21,22,24). The van der Waals surface area contributed by atoms with Crippen molar-refractivity contribution in [3.63, 3.8) is 0 Å². The molecule has 8 heteroatoms. The lowest BCUT2D eigenvalue weighted by molar-refractivity contribution is 0.196. The Hall–Kier alpha value is -2.19. The summed E-state index contributed by atoms with van der Waals surface area (Å²) < 4.78 is 9.54. The molecule has 1 aromatic heterocycles. The Morgan fingerprint density at radius 2 is 2.19 bits per heavy atom. The van der Waals surface area contributed by atoms with E-state index < -0.39 is 0 Å². The maximum absolute atomic E-state index is 12.2. The van der Waals surface area contributed by atoms with Gasteiger partial charge in [0, 0.05) is 36.2 Å². The molecule has 0 atom stereocenters. The molecule has 1 saturated heterocycles. The zero-order valence-electron chi connectivity index (χ0n) is 15.2. The van der Waals surface area contributed by atoms with Crippen molar-refractivity contribution >= 4 is 22.7 Å². The van der Waals surface area contributed by atoms with Gasteiger partial charge in [0.1, 0.15) is 5.75 Å². The van der Waals surface area contributed by atoms with Gasteiger partial charge in [-0.1, -0.05) is 19.1 Å². The van der Waals surface area contributed by atoms with E-state index in [0.717, 1.165) is 43.8 Å². The van der Waals surface area contributed by atoms with E-state index in [0.29, 0.717) is 11.0 Å². The summed E-state index contributed by atoms with van der Waals surface area (Å²) in [5, 5.41) is 6.32. The lowest BCUT2D eigenvalue weighted by atomic mass is 10.1. The van der Waals surface area contributed by atoms with Gasteiger partial charge in [0.15, 0.2) is 5.82 Å². The predicted octanol–water partition coefficient (Wildman–Crippen LogP) is 3.21. The molecular weight excluding hydrogens is 350 g/mol. The fourth-order valence-electron chi connectivity index (χ4n) is 3.09. The van der Waals surface area contributed by atoms with Crippen molar-refractivity contribution in [1.82, 2.24) is 19.6 Å². The summed E-state index contributed by atoms with van der Waals surface area (Å²) in [5.41, 5.74) is 0.859. The first-order valence-electron chi connectivity index (χ1n) is 8.96. The van der Waals surface area contributed by atoms with E-state index >= 15 is 0 Å². The molecular formula is C18H25N5O2S. The van der Waals surface area contributed by atoms with E-state index in [1.54, 1.807) is 7.11 Å². The number of anilines is 1. The molecule has 3 rings (SSSR count). The number of likely N-dealkylation sites (tertiary alicyclic amines) is 1. The summed E-state index contributed by atoms with van der Waals surface area (Å²) in [4.78, 5) is 19.1. The van der Waals surface area contributed by atoms with Gasteiger partial charge in [-0.3, -0.25) is 5.32 Å². The molecule has 0 saturated carbocycles. The number of nitrogens with zero attached hydrogens (tertiary/aromatic N) is 3. The second kappa shape index (κ2) is 8.95. The molecule has 1 aliphatic heterocycles. The Morgan fingerprint density at radius 1 is 1.38 bits per heavy atom. The van der Waals surface area contributed by atoms with Crippen LogP contribution in [-0.4, -0.2) is 53.1 Å². The highest BCUT2D eigenvalue weighted by atomic mass is 32.1. The molecule has 2 heterocycles. The second-order valence-corrected chi connectivity index (χ2v) is 7.12. The maximum atomic E-state index is 12.2. The number of hydrogen-bond acceptors (Lipinski definition) is 6. The van der Waals surface area contributed by atoms with Gasteiger partial charge in [-0.2, -0.15) is 9.36 Å². The van der Waals surface area contributed by atoms with Crippen molar-refractivity contribution < 1.29 is 9.53 Å². The molecule has 7 nitrogen and oxygen atoms in total. The van der Waals surface area contributed by atoms with Crippen LogP contribution >= 0.6 is 11.5 Å². The zero-order chi connectivity index (χ0) is 18.4. The van der Waals surface area contributed by atoms with Gasteiger partial charge in [0.05, 0.1) is 7.11 Å². The molecule has 1 fully saturated rings. The number of aromatic nitrogens is 2. The fraction of sp³-hybridized carbons (Fsp3) is 0.500. The van der Waals surface area contributed by atoms with Gasteiger partial charge in [0.2, 0.25) is 5.13 Å². The second-order valence-electron chi connectivity index (χ2n) is 6.37. The number of carbonyl (C=O) groups is 1. The number of benzene rings is 1. The average molecular weight is 375 g/mol. The number of rotatable bonds is 6. The highest BCUT2D eigenvalue weighted by Crippen LogP contribution is 2.24. The Kier molecular flexibility index (Phi) is 6.40. The molecule has 2 amide bonds. The molecule has 2 aromatic rings. The minimum absolute atomic E-state index is 0.215. The SMILES string of the molecule is CCCN1CCC(NC(=O)Nc2nc(-c3cccc(OC)c3)ns2)CC1. The Bertz CT molecular complexity index is 728. The average Bonchev–Trinajstić information content (AvgIpc) is 3.12. The van der Waals surface area contributed by atoms with Crippen LogP contribution < -0.4 is 15.4 Å². The van der Waals surface area contributed by atoms with Gasteiger partial charge < -0.3 is 15.0 Å². The van der Waals surface area contributed by atoms with Gasteiger partial charge >= 0.3 is 6.03 Å². The number of nitrogens with one attached hydrogen (secondary N) is 2. The molecule has 0 radical (unpaired) electrons. The lowest BCUT2D eigenvalue weighted by Gasteiger charge is -2.31. The third-order valence-corrected chi connectivity index (χ3v) is 5.07. The quantitative estimate of drug-likeness (QED) is 0.810. The van der Waals surface area contributed by atoms with Crippen molar-refractivity contribution in [3.05, 3.63) is 24.3 Å². The number of urea groups is 1. The van der Waals surface area contributed by atoms with Crippen LogP contribution in [0.25, 0.3) is 11.4 Å². The van der Waals surface area contributed by atoms with E-state index in [2.05, 4.69) is 31.8 Å². The Labute approximate surface area is 157 Å². The van der Waals surface area contributed by atoms with Crippen molar-refractivity contribution in [2.24, 2.45) is 0 Å². The first kappa shape index (κ1) is 18.6. The molecule has 1 aromatic carbocycles. The van der Waals surface area contributed by atoms with Crippen LogP contribution in [0.4, 0.5) is 9.93 Å². The van der Waals surface area contributed by atoms with Crippen LogP contribution in [0.15, 0.2) is 24.3 Å². The van der Waals surface area contributed by atoms with Gasteiger partial charge in [-0.05, 0) is 37.9 Å². The third-order valence-electron chi connectivity index (χ3n) is 4.44. The summed E-state index contributed by atoms with van der Waals surface area (Å²) >= 11 is 1.17. The van der Waals surface area contributed by atoms with Gasteiger partial charge in [-0.15, -0.1) is 0 Å². The van der Waals surface area contributed by atoms with Gasteiger partial charge in [0.25, 0.3) is 0 Å². The number of piperidine rings is 1. The largest absolute Gasteiger partial charge is 0.497 e. The summed E-state index contributed by atoms with van der Waals surface area (Å²) in [6.07, 6.45) is 3.14. The minimum Gasteiger partial charge on any atom is -0.497 e. The zero-order valence-corrected chi connectivity index (χ0v) is 16.0. The first-order valence-corrected chi connectivity index (χ1v) is 9.73. The lowest BCUT2D eigenvalue weighted by Crippen LogP contribution is -2.46. The number of amides is 2.